The maximum absolute atomic E-state index is 3.72. The lowest BCUT2D eigenvalue weighted by Gasteiger charge is -2.22. The average molecular weight is 278 g/mol. The molecule has 0 fully saturated rings. The molecule has 0 saturated carbocycles. The number of anilines is 2. The van der Waals surface area contributed by atoms with E-state index in [1.54, 1.807) is 0 Å². The van der Waals surface area contributed by atoms with Gasteiger partial charge in [0.2, 0.25) is 0 Å². The molecule has 2 aromatic rings. The monoisotopic (exact) mass is 278 g/mol. The van der Waals surface area contributed by atoms with E-state index in [1.807, 2.05) is 0 Å². The molecule has 1 heterocycles. The molecule has 4 rings (SSSR count). The smallest absolute Gasteiger partial charge is 0.0589 e. The first-order valence-corrected chi connectivity index (χ1v) is 8.05. The predicted octanol–water partition coefficient (Wildman–Crippen LogP) is 4.34. The lowest BCUT2D eigenvalue weighted by Crippen LogP contribution is -2.21. The van der Waals surface area contributed by atoms with Gasteiger partial charge in [-0.2, -0.15) is 0 Å². The minimum atomic E-state index is 0.475. The fourth-order valence-corrected chi connectivity index (χ4v) is 4.02. The summed E-state index contributed by atoms with van der Waals surface area (Å²) >= 11 is 0. The second-order valence-electron chi connectivity index (χ2n) is 6.08. The fourth-order valence-electron chi connectivity index (χ4n) is 4.02. The summed E-state index contributed by atoms with van der Waals surface area (Å²) in [6.45, 7) is 6.60. The van der Waals surface area contributed by atoms with Gasteiger partial charge in [-0.05, 0) is 55.2 Å². The summed E-state index contributed by atoms with van der Waals surface area (Å²) in [7, 11) is 0. The van der Waals surface area contributed by atoms with Crippen molar-refractivity contribution >= 4 is 11.4 Å². The maximum Gasteiger partial charge on any atom is 0.0589 e. The standard InChI is InChI=1S/C19H22N2/c1-3-21(4-2)14-9-10-15-13(11-14)12-17-16-7-5-6-8-18(16)20-19(15)17/h5-11,17,19-20H,3-4,12H2,1-2H3/t17-,19-/m1/s1. The van der Waals surface area contributed by atoms with Crippen molar-refractivity contribution in [3.8, 4) is 0 Å². The van der Waals surface area contributed by atoms with Crippen LogP contribution >= 0.6 is 0 Å². The van der Waals surface area contributed by atoms with Gasteiger partial charge in [0.25, 0.3) is 0 Å². The van der Waals surface area contributed by atoms with Crippen molar-refractivity contribution in [3.05, 3.63) is 59.2 Å². The van der Waals surface area contributed by atoms with Crippen LogP contribution in [-0.2, 0) is 6.42 Å². The number of nitrogens with zero attached hydrogens (tertiary/aromatic N) is 1. The van der Waals surface area contributed by atoms with Crippen molar-refractivity contribution in [3.63, 3.8) is 0 Å². The molecular weight excluding hydrogens is 256 g/mol. The molecular formula is C19H22N2. The number of nitrogens with one attached hydrogen (secondary N) is 1. The molecule has 0 unspecified atom stereocenters. The summed E-state index contributed by atoms with van der Waals surface area (Å²) in [6.07, 6.45) is 1.17. The molecule has 1 aliphatic carbocycles. The minimum Gasteiger partial charge on any atom is -0.377 e. The summed E-state index contributed by atoms with van der Waals surface area (Å²) in [5.74, 6) is 0.614. The first kappa shape index (κ1) is 12.8. The van der Waals surface area contributed by atoms with Crippen LogP contribution in [0.3, 0.4) is 0 Å². The van der Waals surface area contributed by atoms with Gasteiger partial charge in [0.05, 0.1) is 6.04 Å². The fraction of sp³-hybridized carbons (Fsp3) is 0.368. The quantitative estimate of drug-likeness (QED) is 0.898. The highest BCUT2D eigenvalue weighted by Gasteiger charge is 2.39. The molecule has 0 amide bonds. The molecule has 2 heteroatoms. The van der Waals surface area contributed by atoms with Crippen LogP contribution in [0.15, 0.2) is 42.5 Å². The summed E-state index contributed by atoms with van der Waals surface area (Å²) in [5.41, 5.74) is 7.20. The number of fused-ring (bicyclic) bond motifs is 5. The van der Waals surface area contributed by atoms with E-state index in [-0.39, 0.29) is 0 Å². The predicted molar refractivity (Wildman–Crippen MR) is 89.3 cm³/mol. The number of para-hydroxylation sites is 1. The Bertz CT molecular complexity index is 673. The van der Waals surface area contributed by atoms with Crippen LogP contribution in [0.25, 0.3) is 0 Å². The third kappa shape index (κ3) is 1.85. The van der Waals surface area contributed by atoms with Gasteiger partial charge in [-0.15, -0.1) is 0 Å². The first-order valence-electron chi connectivity index (χ1n) is 8.05. The Kier molecular flexibility index (Phi) is 2.91. The Morgan fingerprint density at radius 2 is 1.86 bits per heavy atom. The molecule has 1 aliphatic heterocycles. The average Bonchev–Trinajstić information content (AvgIpc) is 3.04. The summed E-state index contributed by atoms with van der Waals surface area (Å²) < 4.78 is 0. The van der Waals surface area contributed by atoms with Crippen molar-refractivity contribution in [2.45, 2.75) is 32.2 Å². The van der Waals surface area contributed by atoms with E-state index >= 15 is 0 Å². The van der Waals surface area contributed by atoms with Gasteiger partial charge < -0.3 is 10.2 Å². The molecule has 108 valence electrons. The van der Waals surface area contributed by atoms with Crippen LogP contribution in [0.1, 0.15) is 42.5 Å². The van der Waals surface area contributed by atoms with Crippen molar-refractivity contribution < 1.29 is 0 Å². The Morgan fingerprint density at radius 1 is 1.05 bits per heavy atom. The lowest BCUT2D eigenvalue weighted by atomic mass is 9.96. The lowest BCUT2D eigenvalue weighted by molar-refractivity contribution is 0.677. The highest BCUT2D eigenvalue weighted by molar-refractivity contribution is 5.65. The number of benzene rings is 2. The van der Waals surface area contributed by atoms with Crippen molar-refractivity contribution in [2.75, 3.05) is 23.3 Å². The van der Waals surface area contributed by atoms with Gasteiger partial charge in [-0.3, -0.25) is 0 Å². The summed E-state index contributed by atoms with van der Waals surface area (Å²) in [6, 6.07) is 16.3. The van der Waals surface area contributed by atoms with E-state index < -0.39 is 0 Å². The first-order chi connectivity index (χ1) is 10.3. The number of rotatable bonds is 3. The molecule has 2 atom stereocenters. The molecule has 21 heavy (non-hydrogen) atoms. The van der Waals surface area contributed by atoms with Crippen LogP contribution in [0.4, 0.5) is 11.4 Å². The topological polar surface area (TPSA) is 15.3 Å². The van der Waals surface area contributed by atoms with Gasteiger partial charge in [0.1, 0.15) is 0 Å². The van der Waals surface area contributed by atoms with Gasteiger partial charge in [-0.25, -0.2) is 0 Å². The second-order valence-corrected chi connectivity index (χ2v) is 6.08. The molecule has 0 radical (unpaired) electrons. The zero-order chi connectivity index (χ0) is 14.4. The van der Waals surface area contributed by atoms with E-state index in [2.05, 4.69) is 66.5 Å². The normalized spacial score (nSPS) is 21.4. The van der Waals surface area contributed by atoms with E-state index in [9.17, 15) is 0 Å². The van der Waals surface area contributed by atoms with E-state index in [4.69, 9.17) is 0 Å². The molecule has 2 nitrogen and oxygen atoms in total. The van der Waals surface area contributed by atoms with E-state index in [0.717, 1.165) is 13.1 Å². The van der Waals surface area contributed by atoms with Crippen LogP contribution in [-0.4, -0.2) is 13.1 Å². The van der Waals surface area contributed by atoms with Crippen molar-refractivity contribution in [1.29, 1.82) is 0 Å². The number of hydrogen-bond donors (Lipinski definition) is 1. The third-order valence-corrected chi connectivity index (χ3v) is 5.10. The molecule has 0 aromatic heterocycles. The van der Waals surface area contributed by atoms with Crippen LogP contribution in [0, 0.1) is 0 Å². The largest absolute Gasteiger partial charge is 0.377 e. The molecule has 1 N–H and O–H groups in total. The van der Waals surface area contributed by atoms with Crippen LogP contribution in [0.2, 0.25) is 0 Å². The molecule has 0 spiro atoms. The highest BCUT2D eigenvalue weighted by atomic mass is 15.1. The van der Waals surface area contributed by atoms with Crippen LogP contribution < -0.4 is 10.2 Å². The highest BCUT2D eigenvalue weighted by Crippen LogP contribution is 2.51. The molecule has 0 saturated heterocycles. The second kappa shape index (κ2) is 4.80. The number of hydrogen-bond acceptors (Lipinski definition) is 2. The summed E-state index contributed by atoms with van der Waals surface area (Å²) in [5, 5.41) is 3.72. The van der Waals surface area contributed by atoms with Gasteiger partial charge in [0, 0.05) is 30.4 Å². The maximum atomic E-state index is 3.72. The van der Waals surface area contributed by atoms with Crippen molar-refractivity contribution in [2.24, 2.45) is 0 Å². The van der Waals surface area contributed by atoms with Crippen LogP contribution in [0.5, 0.6) is 0 Å². The zero-order valence-electron chi connectivity index (χ0n) is 12.8. The SMILES string of the molecule is CCN(CC)c1ccc2c(c1)C[C@@H]1c3ccccc3N[C@H]21. The molecule has 2 aromatic carbocycles. The van der Waals surface area contributed by atoms with Crippen molar-refractivity contribution in [1.82, 2.24) is 0 Å². The van der Waals surface area contributed by atoms with Gasteiger partial charge in [0.15, 0.2) is 0 Å². The minimum absolute atomic E-state index is 0.475. The van der Waals surface area contributed by atoms with E-state index in [1.165, 1.54) is 34.5 Å². The Hall–Kier alpha value is -1.96. The molecule has 2 aliphatic rings. The molecule has 0 bridgehead atoms. The zero-order valence-corrected chi connectivity index (χ0v) is 12.8. The Morgan fingerprint density at radius 3 is 2.67 bits per heavy atom. The Balaban J connectivity index is 1.69. The van der Waals surface area contributed by atoms with Gasteiger partial charge >= 0.3 is 0 Å². The third-order valence-electron chi connectivity index (χ3n) is 5.10. The summed E-state index contributed by atoms with van der Waals surface area (Å²) in [4.78, 5) is 2.43. The van der Waals surface area contributed by atoms with E-state index in [0.29, 0.717) is 12.0 Å². The van der Waals surface area contributed by atoms with Gasteiger partial charge in [-0.1, -0.05) is 24.3 Å². The Labute approximate surface area is 126 Å².